The molecule has 0 saturated carbocycles. The van der Waals surface area contributed by atoms with E-state index in [9.17, 15) is 14.7 Å². The fraction of sp³-hybridized carbons (Fsp3) is 0.333. The molecular weight excluding hydrogens is 336 g/mol. The van der Waals surface area contributed by atoms with Crippen LogP contribution in [0.15, 0.2) is 22.7 Å². The molecule has 7 heteroatoms. The van der Waals surface area contributed by atoms with Crippen LogP contribution in [0.4, 0.5) is 0 Å². The van der Waals surface area contributed by atoms with Crippen LogP contribution in [-0.4, -0.2) is 40.5 Å². The van der Waals surface area contributed by atoms with Gasteiger partial charge in [-0.25, -0.2) is 0 Å². The number of likely N-dealkylation sites (tertiary alicyclic amines) is 1. The third-order valence-electron chi connectivity index (χ3n) is 2.98. The highest BCUT2D eigenvalue weighted by molar-refractivity contribution is 9.10. The summed E-state index contributed by atoms with van der Waals surface area (Å²) in [4.78, 5) is 24.9. The Labute approximate surface area is 123 Å². The van der Waals surface area contributed by atoms with E-state index in [1.54, 1.807) is 12.1 Å². The number of halogens is 2. The number of primary amides is 1. The predicted molar refractivity (Wildman–Crippen MR) is 73.8 cm³/mol. The van der Waals surface area contributed by atoms with Gasteiger partial charge in [0.1, 0.15) is 6.04 Å². The zero-order valence-electron chi connectivity index (χ0n) is 9.85. The highest BCUT2D eigenvalue weighted by Gasteiger charge is 2.38. The van der Waals surface area contributed by atoms with Gasteiger partial charge in [0.2, 0.25) is 5.91 Å². The molecule has 2 rings (SSSR count). The lowest BCUT2D eigenvalue weighted by atomic mass is 10.1. The Morgan fingerprint density at radius 3 is 2.68 bits per heavy atom. The van der Waals surface area contributed by atoms with E-state index in [0.717, 1.165) is 0 Å². The number of aliphatic hydroxyl groups excluding tert-OH is 1. The molecule has 1 aliphatic heterocycles. The SMILES string of the molecule is NC(=O)C1CC(O)CN1C(=O)c1cc(Cl)cc(Br)c1. The van der Waals surface area contributed by atoms with Crippen molar-refractivity contribution in [3.05, 3.63) is 33.3 Å². The Morgan fingerprint density at radius 1 is 1.42 bits per heavy atom. The summed E-state index contributed by atoms with van der Waals surface area (Å²) in [6.07, 6.45) is -0.563. The third-order valence-corrected chi connectivity index (χ3v) is 3.65. The molecule has 1 aliphatic rings. The number of benzene rings is 1. The fourth-order valence-corrected chi connectivity index (χ4v) is 3.01. The summed E-state index contributed by atoms with van der Waals surface area (Å²) in [5.74, 6) is -0.991. The summed E-state index contributed by atoms with van der Waals surface area (Å²) in [7, 11) is 0. The first-order valence-electron chi connectivity index (χ1n) is 5.63. The molecule has 0 aromatic heterocycles. The van der Waals surface area contributed by atoms with Crippen LogP contribution in [0, 0.1) is 0 Å². The Hall–Kier alpha value is -1.11. The highest BCUT2D eigenvalue weighted by Crippen LogP contribution is 2.24. The molecule has 0 bridgehead atoms. The topological polar surface area (TPSA) is 83.6 Å². The predicted octanol–water partition coefficient (Wildman–Crippen LogP) is 1.16. The molecular formula is C12H12BrClN2O3. The number of hydrogen-bond acceptors (Lipinski definition) is 3. The maximum atomic E-state index is 12.3. The first kappa shape index (κ1) is 14.3. The third kappa shape index (κ3) is 3.08. The van der Waals surface area contributed by atoms with Gasteiger partial charge in [-0.3, -0.25) is 9.59 Å². The van der Waals surface area contributed by atoms with Gasteiger partial charge in [0.05, 0.1) is 6.10 Å². The molecule has 0 spiro atoms. The molecule has 19 heavy (non-hydrogen) atoms. The van der Waals surface area contributed by atoms with Gasteiger partial charge in [-0.1, -0.05) is 27.5 Å². The van der Waals surface area contributed by atoms with Gasteiger partial charge in [-0.05, 0) is 18.2 Å². The lowest BCUT2D eigenvalue weighted by molar-refractivity contribution is -0.121. The van der Waals surface area contributed by atoms with Crippen LogP contribution in [0.1, 0.15) is 16.8 Å². The molecule has 2 unspecified atom stereocenters. The molecule has 5 nitrogen and oxygen atoms in total. The van der Waals surface area contributed by atoms with Crippen molar-refractivity contribution in [3.63, 3.8) is 0 Å². The minimum atomic E-state index is -0.778. The van der Waals surface area contributed by atoms with Crippen molar-refractivity contribution >= 4 is 39.3 Å². The molecule has 1 aromatic carbocycles. The number of amides is 2. The number of rotatable bonds is 2. The van der Waals surface area contributed by atoms with Crippen molar-refractivity contribution in [1.29, 1.82) is 0 Å². The second-order valence-corrected chi connectivity index (χ2v) is 5.78. The lowest BCUT2D eigenvalue weighted by Gasteiger charge is -2.22. The van der Waals surface area contributed by atoms with Gasteiger partial charge in [0.25, 0.3) is 5.91 Å². The summed E-state index contributed by atoms with van der Waals surface area (Å²) >= 11 is 9.14. The fourth-order valence-electron chi connectivity index (χ4n) is 2.15. The lowest BCUT2D eigenvalue weighted by Crippen LogP contribution is -2.43. The van der Waals surface area contributed by atoms with Crippen molar-refractivity contribution < 1.29 is 14.7 Å². The van der Waals surface area contributed by atoms with Crippen LogP contribution in [0.25, 0.3) is 0 Å². The standard InChI is InChI=1S/C12H12BrClN2O3/c13-7-1-6(2-8(14)3-7)12(19)16-5-9(17)4-10(16)11(15)18/h1-3,9-10,17H,4-5H2,(H2,15,18). The van der Waals surface area contributed by atoms with E-state index < -0.39 is 18.1 Å². The molecule has 0 radical (unpaired) electrons. The first-order valence-corrected chi connectivity index (χ1v) is 6.80. The molecule has 0 aliphatic carbocycles. The van der Waals surface area contributed by atoms with E-state index >= 15 is 0 Å². The summed E-state index contributed by atoms with van der Waals surface area (Å²) in [5.41, 5.74) is 5.59. The van der Waals surface area contributed by atoms with Crippen LogP contribution in [0.2, 0.25) is 5.02 Å². The van der Waals surface area contributed by atoms with Gasteiger partial charge >= 0.3 is 0 Å². The summed E-state index contributed by atoms with van der Waals surface area (Å²) in [6.45, 7) is 0.0938. The normalized spacial score (nSPS) is 22.6. The zero-order chi connectivity index (χ0) is 14.2. The maximum absolute atomic E-state index is 12.3. The molecule has 2 atom stereocenters. The van der Waals surface area contributed by atoms with Crippen molar-refractivity contribution in [2.75, 3.05) is 6.54 Å². The van der Waals surface area contributed by atoms with Crippen LogP contribution in [-0.2, 0) is 4.79 Å². The highest BCUT2D eigenvalue weighted by atomic mass is 79.9. The summed E-state index contributed by atoms with van der Waals surface area (Å²) in [5, 5.41) is 10.00. The molecule has 1 fully saturated rings. The van der Waals surface area contributed by atoms with E-state index in [-0.39, 0.29) is 18.9 Å². The number of nitrogens with two attached hydrogens (primary N) is 1. The second-order valence-electron chi connectivity index (χ2n) is 4.42. The van der Waals surface area contributed by atoms with Gasteiger partial charge in [0, 0.05) is 28.0 Å². The molecule has 1 saturated heterocycles. The zero-order valence-corrected chi connectivity index (χ0v) is 12.2. The van der Waals surface area contributed by atoms with Crippen LogP contribution in [0.3, 0.4) is 0 Å². The Morgan fingerprint density at radius 2 is 2.11 bits per heavy atom. The average Bonchev–Trinajstić information content (AvgIpc) is 2.69. The summed E-state index contributed by atoms with van der Waals surface area (Å²) in [6, 6.07) is 4.00. The average molecular weight is 348 g/mol. The van der Waals surface area contributed by atoms with E-state index in [1.807, 2.05) is 0 Å². The van der Waals surface area contributed by atoms with Crippen molar-refractivity contribution in [3.8, 4) is 0 Å². The van der Waals surface area contributed by atoms with E-state index in [4.69, 9.17) is 17.3 Å². The van der Waals surface area contributed by atoms with E-state index in [1.165, 1.54) is 11.0 Å². The van der Waals surface area contributed by atoms with Crippen LogP contribution in [0.5, 0.6) is 0 Å². The van der Waals surface area contributed by atoms with Gasteiger partial charge in [-0.2, -0.15) is 0 Å². The Balaban J connectivity index is 2.30. The van der Waals surface area contributed by atoms with Gasteiger partial charge in [0.15, 0.2) is 0 Å². The van der Waals surface area contributed by atoms with Gasteiger partial charge < -0.3 is 15.7 Å². The number of carbonyl (C=O) groups excluding carboxylic acids is 2. The molecule has 3 N–H and O–H groups in total. The van der Waals surface area contributed by atoms with Crippen molar-refractivity contribution in [2.24, 2.45) is 5.73 Å². The van der Waals surface area contributed by atoms with Crippen molar-refractivity contribution in [1.82, 2.24) is 4.90 Å². The molecule has 1 heterocycles. The smallest absolute Gasteiger partial charge is 0.254 e. The van der Waals surface area contributed by atoms with Crippen LogP contribution >= 0.6 is 27.5 Å². The number of β-amino-alcohol motifs (C(OH)–C–C–N with tert-alkyl or cyclic N) is 1. The number of carbonyl (C=O) groups is 2. The number of aliphatic hydroxyl groups is 1. The second kappa shape index (κ2) is 5.48. The molecule has 2 amide bonds. The quantitative estimate of drug-likeness (QED) is 0.842. The minimum absolute atomic E-state index is 0.0938. The van der Waals surface area contributed by atoms with E-state index in [0.29, 0.717) is 15.1 Å². The first-order chi connectivity index (χ1) is 8.88. The van der Waals surface area contributed by atoms with Crippen LogP contribution < -0.4 is 5.73 Å². The number of nitrogens with zero attached hydrogens (tertiary/aromatic N) is 1. The Kier molecular flexibility index (Phi) is 4.13. The molecule has 1 aromatic rings. The number of hydrogen-bond donors (Lipinski definition) is 2. The maximum Gasteiger partial charge on any atom is 0.254 e. The monoisotopic (exact) mass is 346 g/mol. The summed E-state index contributed by atoms with van der Waals surface area (Å²) < 4.78 is 0.665. The molecule has 102 valence electrons. The Bertz CT molecular complexity index is 517. The van der Waals surface area contributed by atoms with Crippen molar-refractivity contribution in [2.45, 2.75) is 18.6 Å². The minimum Gasteiger partial charge on any atom is -0.391 e. The van der Waals surface area contributed by atoms with Gasteiger partial charge in [-0.15, -0.1) is 0 Å². The van der Waals surface area contributed by atoms with E-state index in [2.05, 4.69) is 15.9 Å². The largest absolute Gasteiger partial charge is 0.391 e.